The first-order valence-electron chi connectivity index (χ1n) is 5.05. The minimum atomic E-state index is -1.54. The van der Waals surface area contributed by atoms with E-state index >= 15 is 0 Å². The van der Waals surface area contributed by atoms with Crippen LogP contribution in [0.4, 0.5) is 0 Å². The lowest BCUT2D eigenvalue weighted by Gasteiger charge is -2.27. The largest absolute Gasteiger partial charge is 0.475 e. The molecule has 5 N–H and O–H groups in total. The second kappa shape index (κ2) is 4.93. The van der Waals surface area contributed by atoms with Gasteiger partial charge in [0.1, 0.15) is 6.04 Å². The number of likely N-dealkylation sites (tertiary alicyclic amines) is 1. The lowest BCUT2D eigenvalue weighted by atomic mass is 9.77. The van der Waals surface area contributed by atoms with Crippen molar-refractivity contribution in [1.29, 1.82) is 0 Å². The number of carbonyl (C=O) groups excluding carboxylic acids is 1. The zero-order chi connectivity index (χ0) is 11.6. The van der Waals surface area contributed by atoms with Gasteiger partial charge in [0, 0.05) is 6.54 Å². The molecule has 1 fully saturated rings. The Bertz CT molecular complexity index is 237. The summed E-state index contributed by atoms with van der Waals surface area (Å²) < 4.78 is 0. The Morgan fingerprint density at radius 3 is 2.67 bits per heavy atom. The predicted molar refractivity (Wildman–Crippen MR) is 54.6 cm³/mol. The van der Waals surface area contributed by atoms with Crippen LogP contribution in [-0.4, -0.2) is 57.7 Å². The molecule has 0 aromatic carbocycles. The Morgan fingerprint density at radius 2 is 2.20 bits per heavy atom. The fraction of sp³-hybridized carbons (Fsp3) is 0.875. The summed E-state index contributed by atoms with van der Waals surface area (Å²) in [5.41, 5.74) is 5.50. The van der Waals surface area contributed by atoms with Crippen molar-refractivity contribution >= 4 is 13.0 Å². The highest BCUT2D eigenvalue weighted by Gasteiger charge is 2.39. The Labute approximate surface area is 88.8 Å². The van der Waals surface area contributed by atoms with Crippen molar-refractivity contribution in [3.63, 3.8) is 0 Å². The number of hydrogen-bond donors (Lipinski definition) is 4. The number of amides is 1. The fourth-order valence-electron chi connectivity index (χ4n) is 1.77. The summed E-state index contributed by atoms with van der Waals surface area (Å²) in [6.07, 6.45) is 0.339. The van der Waals surface area contributed by atoms with Crippen LogP contribution in [0, 0.1) is 0 Å². The summed E-state index contributed by atoms with van der Waals surface area (Å²) >= 11 is 0. The van der Waals surface area contributed by atoms with Gasteiger partial charge in [0.2, 0.25) is 5.91 Å². The maximum Gasteiger partial charge on any atom is 0.475 e. The van der Waals surface area contributed by atoms with Crippen LogP contribution >= 0.6 is 0 Å². The van der Waals surface area contributed by atoms with Gasteiger partial charge in [-0.2, -0.15) is 0 Å². The summed E-state index contributed by atoms with van der Waals surface area (Å²) in [6.45, 7) is 1.89. The average Bonchev–Trinajstić information content (AvgIpc) is 2.63. The first kappa shape index (κ1) is 12.4. The molecule has 86 valence electrons. The van der Waals surface area contributed by atoms with E-state index in [1.807, 2.05) is 0 Å². The van der Waals surface area contributed by atoms with E-state index in [1.54, 1.807) is 0 Å². The molecule has 1 saturated heterocycles. The van der Waals surface area contributed by atoms with Gasteiger partial charge in [-0.25, -0.2) is 0 Å². The Balaban J connectivity index is 2.66. The molecule has 0 aliphatic carbocycles. The highest BCUT2D eigenvalue weighted by molar-refractivity contribution is 6.43. The molecule has 1 heterocycles. The van der Waals surface area contributed by atoms with Crippen molar-refractivity contribution < 1.29 is 19.9 Å². The number of aliphatic hydroxyl groups excluding tert-OH is 1. The molecule has 1 amide bonds. The summed E-state index contributed by atoms with van der Waals surface area (Å²) in [5.74, 6) is -1.03. The van der Waals surface area contributed by atoms with Gasteiger partial charge >= 0.3 is 7.12 Å². The van der Waals surface area contributed by atoms with E-state index in [-0.39, 0.29) is 0 Å². The molecule has 0 saturated carbocycles. The molecule has 1 aliphatic rings. The number of nitrogens with two attached hydrogens (primary N) is 1. The van der Waals surface area contributed by atoms with E-state index in [2.05, 4.69) is 0 Å². The Kier molecular flexibility index (Phi) is 4.09. The van der Waals surface area contributed by atoms with Crippen LogP contribution in [0.1, 0.15) is 19.8 Å². The van der Waals surface area contributed by atoms with Crippen LogP contribution < -0.4 is 5.73 Å². The van der Waals surface area contributed by atoms with Gasteiger partial charge in [0.25, 0.3) is 0 Å². The lowest BCUT2D eigenvalue weighted by molar-refractivity contribution is -0.134. The van der Waals surface area contributed by atoms with Crippen molar-refractivity contribution in [2.75, 3.05) is 6.54 Å². The molecule has 0 spiro atoms. The number of nitrogens with zero attached hydrogens (tertiary/aromatic N) is 1. The zero-order valence-corrected chi connectivity index (χ0v) is 8.71. The molecule has 0 aromatic rings. The van der Waals surface area contributed by atoms with Crippen LogP contribution in [0.5, 0.6) is 0 Å². The Hall–Kier alpha value is -0.625. The second-order valence-corrected chi connectivity index (χ2v) is 3.92. The van der Waals surface area contributed by atoms with Crippen molar-refractivity contribution in [2.24, 2.45) is 5.73 Å². The first-order chi connectivity index (χ1) is 6.95. The minimum Gasteiger partial charge on any atom is -0.426 e. The molecular formula is C8H17BN2O4. The topological polar surface area (TPSA) is 107 Å². The SMILES string of the molecule is C[C@@H](O)[C@H](N)C(=O)N1CCC[C@H]1B(O)O. The molecule has 6 nitrogen and oxygen atoms in total. The summed E-state index contributed by atoms with van der Waals surface area (Å²) in [6, 6.07) is -0.996. The van der Waals surface area contributed by atoms with Crippen molar-refractivity contribution in [1.82, 2.24) is 4.90 Å². The number of aliphatic hydroxyl groups is 1. The highest BCUT2D eigenvalue weighted by atomic mass is 16.4. The van der Waals surface area contributed by atoms with Gasteiger partial charge in [0.05, 0.1) is 12.0 Å². The Morgan fingerprint density at radius 1 is 1.60 bits per heavy atom. The zero-order valence-electron chi connectivity index (χ0n) is 8.71. The van der Waals surface area contributed by atoms with E-state index in [0.29, 0.717) is 13.0 Å². The third kappa shape index (κ3) is 2.69. The van der Waals surface area contributed by atoms with Crippen LogP contribution in [0.3, 0.4) is 0 Å². The van der Waals surface area contributed by atoms with E-state index in [9.17, 15) is 9.90 Å². The first-order valence-corrected chi connectivity index (χ1v) is 5.05. The van der Waals surface area contributed by atoms with Crippen LogP contribution in [0.2, 0.25) is 0 Å². The van der Waals surface area contributed by atoms with Crippen LogP contribution in [0.15, 0.2) is 0 Å². The molecule has 7 heteroatoms. The molecular weight excluding hydrogens is 199 g/mol. The lowest BCUT2D eigenvalue weighted by Crippen LogP contribution is -2.54. The van der Waals surface area contributed by atoms with Gasteiger partial charge in [-0.05, 0) is 19.8 Å². The predicted octanol–water partition coefficient (Wildman–Crippen LogP) is -2.30. The molecule has 1 rings (SSSR count). The van der Waals surface area contributed by atoms with Crippen molar-refractivity contribution in [3.8, 4) is 0 Å². The molecule has 0 unspecified atom stereocenters. The second-order valence-electron chi connectivity index (χ2n) is 3.92. The third-order valence-electron chi connectivity index (χ3n) is 2.73. The minimum absolute atomic E-state index is 0.430. The van der Waals surface area contributed by atoms with Gasteiger partial charge in [-0.3, -0.25) is 4.79 Å². The molecule has 15 heavy (non-hydrogen) atoms. The molecule has 0 radical (unpaired) electrons. The molecule has 0 aromatic heterocycles. The maximum absolute atomic E-state index is 11.7. The normalized spacial score (nSPS) is 25.1. The molecule has 3 atom stereocenters. The van der Waals surface area contributed by atoms with Crippen LogP contribution in [0.25, 0.3) is 0 Å². The van der Waals surface area contributed by atoms with Gasteiger partial charge < -0.3 is 25.8 Å². The van der Waals surface area contributed by atoms with Gasteiger partial charge in [0.15, 0.2) is 0 Å². The van der Waals surface area contributed by atoms with Crippen molar-refractivity contribution in [3.05, 3.63) is 0 Å². The molecule has 1 aliphatic heterocycles. The molecule has 0 bridgehead atoms. The van der Waals surface area contributed by atoms with Gasteiger partial charge in [-0.1, -0.05) is 0 Å². The maximum atomic E-state index is 11.7. The average molecular weight is 216 g/mol. The smallest absolute Gasteiger partial charge is 0.426 e. The quantitative estimate of drug-likeness (QED) is 0.397. The summed E-state index contributed by atoms with van der Waals surface area (Å²) in [4.78, 5) is 13.1. The van der Waals surface area contributed by atoms with Gasteiger partial charge in [-0.15, -0.1) is 0 Å². The summed E-state index contributed by atoms with van der Waals surface area (Å²) in [5, 5.41) is 27.3. The standard InChI is InChI=1S/C8H17BN2O4/c1-5(12)7(10)8(13)11-4-2-3-6(11)9(14)15/h5-7,12,14-15H,2-4,10H2,1H3/t5-,6+,7+/m1/s1. The monoisotopic (exact) mass is 216 g/mol. The van der Waals surface area contributed by atoms with Crippen molar-refractivity contribution in [2.45, 2.75) is 37.9 Å². The highest BCUT2D eigenvalue weighted by Crippen LogP contribution is 2.19. The number of hydrogen-bond acceptors (Lipinski definition) is 5. The van der Waals surface area contributed by atoms with E-state index in [0.717, 1.165) is 6.42 Å². The number of rotatable bonds is 3. The fourth-order valence-corrected chi connectivity index (χ4v) is 1.77. The van der Waals surface area contributed by atoms with Crippen LogP contribution in [-0.2, 0) is 4.79 Å². The van der Waals surface area contributed by atoms with E-state index in [4.69, 9.17) is 15.8 Å². The number of carbonyl (C=O) groups is 1. The summed E-state index contributed by atoms with van der Waals surface area (Å²) in [7, 11) is -1.54. The van der Waals surface area contributed by atoms with E-state index < -0.39 is 31.1 Å². The third-order valence-corrected chi connectivity index (χ3v) is 2.73. The van der Waals surface area contributed by atoms with E-state index in [1.165, 1.54) is 11.8 Å².